The summed E-state index contributed by atoms with van der Waals surface area (Å²) in [5, 5.41) is 9.04. The molecule has 1 aromatic rings. The number of rotatable bonds is 2. The monoisotopic (exact) mass is 238 g/mol. The van der Waals surface area contributed by atoms with Gasteiger partial charge in [0.2, 0.25) is 0 Å². The van der Waals surface area contributed by atoms with Crippen LogP contribution in [-0.2, 0) is 16.6 Å². The number of amides is 1. The van der Waals surface area contributed by atoms with Gasteiger partial charge in [-0.1, -0.05) is 0 Å². The van der Waals surface area contributed by atoms with Crippen molar-refractivity contribution in [1.82, 2.24) is 9.47 Å². The van der Waals surface area contributed by atoms with Gasteiger partial charge in [-0.3, -0.25) is 4.79 Å². The third-order valence-electron chi connectivity index (χ3n) is 2.84. The van der Waals surface area contributed by atoms with Crippen LogP contribution < -0.4 is 0 Å². The summed E-state index contributed by atoms with van der Waals surface area (Å²) >= 11 is 0. The molecule has 6 heteroatoms. The van der Waals surface area contributed by atoms with Crippen LogP contribution in [0.2, 0.25) is 0 Å². The fourth-order valence-electron chi connectivity index (χ4n) is 1.88. The number of aromatic nitrogens is 1. The molecular weight excluding hydrogens is 224 g/mol. The molecule has 0 bridgehead atoms. The molecule has 92 valence electrons. The summed E-state index contributed by atoms with van der Waals surface area (Å²) in [6.45, 7) is 0.729. The first-order chi connectivity index (χ1) is 8.11. The third kappa shape index (κ3) is 2.16. The van der Waals surface area contributed by atoms with Gasteiger partial charge < -0.3 is 19.3 Å². The lowest BCUT2D eigenvalue weighted by molar-refractivity contribution is -0.147. The fourth-order valence-corrected chi connectivity index (χ4v) is 1.88. The van der Waals surface area contributed by atoms with Gasteiger partial charge in [0.1, 0.15) is 5.69 Å². The molecule has 0 radical (unpaired) electrons. The molecule has 0 aromatic carbocycles. The molecule has 1 amide bonds. The van der Waals surface area contributed by atoms with Gasteiger partial charge in [-0.15, -0.1) is 0 Å². The summed E-state index contributed by atoms with van der Waals surface area (Å²) in [5.74, 6) is -1.31. The van der Waals surface area contributed by atoms with E-state index in [2.05, 4.69) is 0 Å². The maximum atomic E-state index is 12.2. The molecule has 1 atom stereocenters. The first kappa shape index (κ1) is 11.7. The van der Waals surface area contributed by atoms with Crippen LogP contribution in [0.5, 0.6) is 0 Å². The predicted molar refractivity (Wildman–Crippen MR) is 58.7 cm³/mol. The smallest absolute Gasteiger partial charge is 0.328 e. The highest BCUT2D eigenvalue weighted by atomic mass is 16.5. The molecule has 1 saturated heterocycles. The Morgan fingerprint density at radius 3 is 2.88 bits per heavy atom. The lowest BCUT2D eigenvalue weighted by Gasteiger charge is -2.32. The van der Waals surface area contributed by atoms with Crippen molar-refractivity contribution >= 4 is 11.9 Å². The van der Waals surface area contributed by atoms with Crippen LogP contribution in [0.25, 0.3) is 0 Å². The van der Waals surface area contributed by atoms with E-state index in [1.165, 1.54) is 4.90 Å². The quantitative estimate of drug-likeness (QED) is 0.784. The Hall–Kier alpha value is -1.82. The van der Waals surface area contributed by atoms with Crippen LogP contribution in [0.1, 0.15) is 10.5 Å². The molecule has 6 nitrogen and oxygen atoms in total. The van der Waals surface area contributed by atoms with Crippen molar-refractivity contribution in [3.8, 4) is 0 Å². The normalized spacial score (nSPS) is 20.3. The SMILES string of the molecule is Cn1cccc1C(=O)N1CCOC[C@H]1C(=O)O. The molecule has 0 saturated carbocycles. The second kappa shape index (κ2) is 4.58. The van der Waals surface area contributed by atoms with Crippen molar-refractivity contribution in [3.05, 3.63) is 24.0 Å². The number of aliphatic carboxylic acids is 1. The van der Waals surface area contributed by atoms with Gasteiger partial charge in [0.05, 0.1) is 13.2 Å². The topological polar surface area (TPSA) is 71.8 Å². The summed E-state index contributed by atoms with van der Waals surface area (Å²) in [6.07, 6.45) is 1.75. The van der Waals surface area contributed by atoms with Crippen LogP contribution >= 0.6 is 0 Å². The Kier molecular flexibility index (Phi) is 3.14. The maximum absolute atomic E-state index is 12.2. The molecule has 0 unspecified atom stereocenters. The number of ether oxygens (including phenoxy) is 1. The number of aryl methyl sites for hydroxylation is 1. The standard InChI is InChI=1S/C11H14N2O4/c1-12-4-2-3-8(12)10(14)13-5-6-17-7-9(13)11(15)16/h2-4,9H,5-7H2,1H3,(H,15,16)/t9-/m0/s1. The number of hydrogen-bond donors (Lipinski definition) is 1. The van der Waals surface area contributed by atoms with E-state index in [1.807, 2.05) is 0 Å². The molecule has 1 fully saturated rings. The minimum absolute atomic E-state index is 0.0471. The molecule has 1 aliphatic rings. The van der Waals surface area contributed by atoms with Gasteiger partial charge in [0, 0.05) is 19.8 Å². The minimum Gasteiger partial charge on any atom is -0.480 e. The first-order valence-electron chi connectivity index (χ1n) is 5.34. The summed E-state index contributed by atoms with van der Waals surface area (Å²) in [6, 6.07) is 2.53. The number of carboxylic acid groups (broad SMARTS) is 1. The predicted octanol–water partition coefficient (Wildman–Crippen LogP) is -0.0493. The van der Waals surface area contributed by atoms with Gasteiger partial charge in [-0.05, 0) is 12.1 Å². The van der Waals surface area contributed by atoms with E-state index in [1.54, 1.807) is 29.9 Å². The Balaban J connectivity index is 2.23. The number of carbonyl (C=O) groups is 2. The zero-order chi connectivity index (χ0) is 12.4. The Morgan fingerprint density at radius 1 is 1.53 bits per heavy atom. The molecule has 17 heavy (non-hydrogen) atoms. The van der Waals surface area contributed by atoms with E-state index in [0.29, 0.717) is 18.8 Å². The second-order valence-corrected chi connectivity index (χ2v) is 3.93. The summed E-state index contributed by atoms with van der Waals surface area (Å²) in [7, 11) is 1.75. The maximum Gasteiger partial charge on any atom is 0.328 e. The number of carbonyl (C=O) groups excluding carboxylic acids is 1. The van der Waals surface area contributed by atoms with Gasteiger partial charge >= 0.3 is 5.97 Å². The number of carboxylic acids is 1. The van der Waals surface area contributed by atoms with Crippen molar-refractivity contribution in [2.75, 3.05) is 19.8 Å². The third-order valence-corrected chi connectivity index (χ3v) is 2.84. The zero-order valence-corrected chi connectivity index (χ0v) is 9.50. The Morgan fingerprint density at radius 2 is 2.29 bits per heavy atom. The fraction of sp³-hybridized carbons (Fsp3) is 0.455. The lowest BCUT2D eigenvalue weighted by atomic mass is 10.2. The van der Waals surface area contributed by atoms with E-state index in [9.17, 15) is 9.59 Å². The molecule has 0 aliphatic carbocycles. The Bertz CT molecular complexity index is 440. The van der Waals surface area contributed by atoms with Gasteiger partial charge in [0.15, 0.2) is 6.04 Å². The van der Waals surface area contributed by atoms with Crippen LogP contribution in [0.3, 0.4) is 0 Å². The summed E-state index contributed by atoms with van der Waals surface area (Å²) in [5.41, 5.74) is 0.484. The van der Waals surface area contributed by atoms with Gasteiger partial charge in [-0.25, -0.2) is 4.79 Å². The van der Waals surface area contributed by atoms with Crippen molar-refractivity contribution in [3.63, 3.8) is 0 Å². The van der Waals surface area contributed by atoms with Crippen molar-refractivity contribution in [2.24, 2.45) is 7.05 Å². The first-order valence-corrected chi connectivity index (χ1v) is 5.34. The van der Waals surface area contributed by atoms with E-state index in [-0.39, 0.29) is 12.5 Å². The minimum atomic E-state index is -1.03. The second-order valence-electron chi connectivity index (χ2n) is 3.93. The van der Waals surface area contributed by atoms with Crippen LogP contribution in [0, 0.1) is 0 Å². The van der Waals surface area contributed by atoms with Gasteiger partial charge in [0.25, 0.3) is 5.91 Å². The Labute approximate surface area is 98.4 Å². The summed E-state index contributed by atoms with van der Waals surface area (Å²) in [4.78, 5) is 24.6. The van der Waals surface area contributed by atoms with E-state index < -0.39 is 12.0 Å². The molecular formula is C11H14N2O4. The van der Waals surface area contributed by atoms with Gasteiger partial charge in [-0.2, -0.15) is 0 Å². The number of morpholine rings is 1. The number of hydrogen-bond acceptors (Lipinski definition) is 3. The highest BCUT2D eigenvalue weighted by molar-refractivity contribution is 5.95. The van der Waals surface area contributed by atoms with Crippen LogP contribution in [0.4, 0.5) is 0 Å². The molecule has 1 N–H and O–H groups in total. The van der Waals surface area contributed by atoms with E-state index >= 15 is 0 Å². The van der Waals surface area contributed by atoms with Crippen molar-refractivity contribution in [1.29, 1.82) is 0 Å². The van der Waals surface area contributed by atoms with E-state index in [0.717, 1.165) is 0 Å². The molecule has 2 rings (SSSR count). The largest absolute Gasteiger partial charge is 0.480 e. The van der Waals surface area contributed by atoms with Crippen LogP contribution in [-0.4, -0.2) is 52.3 Å². The van der Waals surface area contributed by atoms with Crippen LogP contribution in [0.15, 0.2) is 18.3 Å². The lowest BCUT2D eigenvalue weighted by Crippen LogP contribution is -2.52. The highest BCUT2D eigenvalue weighted by Crippen LogP contribution is 2.13. The highest BCUT2D eigenvalue weighted by Gasteiger charge is 2.33. The molecule has 0 spiro atoms. The van der Waals surface area contributed by atoms with Crippen molar-refractivity contribution in [2.45, 2.75) is 6.04 Å². The molecule has 1 aromatic heterocycles. The average molecular weight is 238 g/mol. The van der Waals surface area contributed by atoms with E-state index in [4.69, 9.17) is 9.84 Å². The summed E-state index contributed by atoms with van der Waals surface area (Å²) < 4.78 is 6.77. The number of nitrogens with zero attached hydrogens (tertiary/aromatic N) is 2. The van der Waals surface area contributed by atoms with Crippen molar-refractivity contribution < 1.29 is 19.4 Å². The average Bonchev–Trinajstić information content (AvgIpc) is 2.74. The molecule has 1 aliphatic heterocycles. The molecule has 2 heterocycles. The zero-order valence-electron chi connectivity index (χ0n) is 9.50.